The van der Waals surface area contributed by atoms with E-state index in [2.05, 4.69) is 0 Å². The fraction of sp³-hybridized carbons (Fsp3) is 0.125. The maximum absolute atomic E-state index is 10.6. The summed E-state index contributed by atoms with van der Waals surface area (Å²) in [6.07, 6.45) is 0. The molecule has 4 heteroatoms. The average Bonchev–Trinajstić information content (AvgIpc) is 2.04. The molecule has 3 N–H and O–H groups in total. The van der Waals surface area contributed by atoms with Crippen molar-refractivity contribution in [3.05, 3.63) is 23.8 Å². The molecule has 0 unspecified atom stereocenters. The van der Waals surface area contributed by atoms with Crippen molar-refractivity contribution >= 4 is 11.7 Å². The van der Waals surface area contributed by atoms with Gasteiger partial charge in [0.2, 0.25) is 0 Å². The summed E-state index contributed by atoms with van der Waals surface area (Å²) in [6.45, 7) is 0. The van der Waals surface area contributed by atoms with Gasteiger partial charge in [-0.25, -0.2) is 4.79 Å². The van der Waals surface area contributed by atoms with Gasteiger partial charge in [-0.15, -0.1) is 0 Å². The van der Waals surface area contributed by atoms with Crippen molar-refractivity contribution in [3.8, 4) is 5.75 Å². The van der Waals surface area contributed by atoms with Crippen molar-refractivity contribution in [2.45, 2.75) is 0 Å². The first kappa shape index (κ1) is 8.39. The smallest absolute Gasteiger partial charge is 0.339 e. The molecule has 64 valence electrons. The number of hydrogen-bond acceptors (Lipinski definition) is 3. The zero-order valence-electron chi connectivity index (χ0n) is 6.57. The SMILES string of the molecule is COc1ccc(N)cc1C(=O)O. The predicted octanol–water partition coefficient (Wildman–Crippen LogP) is 0.976. The first-order chi connectivity index (χ1) is 5.65. The Labute approximate surface area is 69.6 Å². The molecule has 0 saturated heterocycles. The Morgan fingerprint density at radius 3 is 2.75 bits per heavy atom. The number of carboxylic acids is 1. The topological polar surface area (TPSA) is 72.5 Å². The maximum atomic E-state index is 10.6. The fourth-order valence-corrected chi connectivity index (χ4v) is 0.893. The van der Waals surface area contributed by atoms with E-state index in [-0.39, 0.29) is 5.56 Å². The van der Waals surface area contributed by atoms with E-state index in [1.54, 1.807) is 6.07 Å². The molecular weight excluding hydrogens is 158 g/mol. The van der Waals surface area contributed by atoms with Crippen LogP contribution in [-0.2, 0) is 0 Å². The molecule has 0 aliphatic carbocycles. The quantitative estimate of drug-likeness (QED) is 0.644. The van der Waals surface area contributed by atoms with Crippen molar-refractivity contribution < 1.29 is 14.6 Å². The fourth-order valence-electron chi connectivity index (χ4n) is 0.893. The summed E-state index contributed by atoms with van der Waals surface area (Å²) in [5.41, 5.74) is 5.89. The van der Waals surface area contributed by atoms with E-state index >= 15 is 0 Å². The molecule has 0 fully saturated rings. The highest BCUT2D eigenvalue weighted by atomic mass is 16.5. The van der Waals surface area contributed by atoms with Gasteiger partial charge in [-0.05, 0) is 18.2 Å². The van der Waals surface area contributed by atoms with Gasteiger partial charge in [0.25, 0.3) is 0 Å². The highest BCUT2D eigenvalue weighted by Gasteiger charge is 2.09. The van der Waals surface area contributed by atoms with Crippen LogP contribution in [0.25, 0.3) is 0 Å². The second kappa shape index (κ2) is 3.13. The van der Waals surface area contributed by atoms with Gasteiger partial charge in [0.1, 0.15) is 11.3 Å². The standard InChI is InChI=1S/C8H9NO3/c1-12-7-3-2-5(9)4-6(7)8(10)11/h2-4H,9H2,1H3,(H,10,11). The van der Waals surface area contributed by atoms with Crippen LogP contribution in [0.15, 0.2) is 18.2 Å². The molecule has 0 amide bonds. The summed E-state index contributed by atoms with van der Waals surface area (Å²) in [6, 6.07) is 4.48. The Balaban J connectivity index is 3.21. The monoisotopic (exact) mass is 167 g/mol. The lowest BCUT2D eigenvalue weighted by Crippen LogP contribution is -2.01. The number of carboxylic acid groups (broad SMARTS) is 1. The molecule has 0 atom stereocenters. The van der Waals surface area contributed by atoms with Crippen molar-refractivity contribution in [1.29, 1.82) is 0 Å². The number of ether oxygens (including phenoxy) is 1. The number of carbonyl (C=O) groups is 1. The molecule has 1 aromatic rings. The molecule has 0 radical (unpaired) electrons. The third-order valence-corrected chi connectivity index (χ3v) is 1.45. The van der Waals surface area contributed by atoms with Gasteiger partial charge in [0.15, 0.2) is 0 Å². The van der Waals surface area contributed by atoms with Gasteiger partial charge in [-0.2, -0.15) is 0 Å². The normalized spacial score (nSPS) is 9.42. The second-order valence-electron chi connectivity index (χ2n) is 2.26. The van der Waals surface area contributed by atoms with Crippen LogP contribution in [0.3, 0.4) is 0 Å². The van der Waals surface area contributed by atoms with E-state index in [0.29, 0.717) is 11.4 Å². The zero-order chi connectivity index (χ0) is 9.14. The molecule has 0 saturated carbocycles. The summed E-state index contributed by atoms with van der Waals surface area (Å²) < 4.78 is 4.83. The molecule has 1 aromatic carbocycles. The third kappa shape index (κ3) is 1.47. The van der Waals surface area contributed by atoms with Crippen LogP contribution in [0.5, 0.6) is 5.75 Å². The summed E-state index contributed by atoms with van der Waals surface area (Å²) in [7, 11) is 1.41. The minimum absolute atomic E-state index is 0.0810. The minimum Gasteiger partial charge on any atom is -0.496 e. The molecule has 0 spiro atoms. The lowest BCUT2D eigenvalue weighted by atomic mass is 10.2. The number of methoxy groups -OCH3 is 1. The van der Waals surface area contributed by atoms with Gasteiger partial charge < -0.3 is 15.6 Å². The summed E-state index contributed by atoms with van der Waals surface area (Å²) in [5.74, 6) is -0.726. The Morgan fingerprint density at radius 1 is 1.58 bits per heavy atom. The minimum atomic E-state index is -1.04. The number of nitrogens with two attached hydrogens (primary N) is 1. The molecule has 12 heavy (non-hydrogen) atoms. The largest absolute Gasteiger partial charge is 0.496 e. The molecule has 1 rings (SSSR count). The van der Waals surface area contributed by atoms with Crippen molar-refractivity contribution in [1.82, 2.24) is 0 Å². The van der Waals surface area contributed by atoms with E-state index in [9.17, 15) is 4.79 Å². The molecule has 0 bridgehead atoms. The average molecular weight is 167 g/mol. The maximum Gasteiger partial charge on any atom is 0.339 e. The van der Waals surface area contributed by atoms with E-state index in [1.807, 2.05) is 0 Å². The Morgan fingerprint density at radius 2 is 2.25 bits per heavy atom. The van der Waals surface area contributed by atoms with E-state index < -0.39 is 5.97 Å². The molecule has 0 aliphatic rings. The van der Waals surface area contributed by atoms with E-state index in [1.165, 1.54) is 19.2 Å². The lowest BCUT2D eigenvalue weighted by Gasteiger charge is -2.04. The van der Waals surface area contributed by atoms with E-state index in [4.69, 9.17) is 15.6 Å². The molecule has 0 aliphatic heterocycles. The third-order valence-electron chi connectivity index (χ3n) is 1.45. The summed E-state index contributed by atoms with van der Waals surface area (Å²) >= 11 is 0. The van der Waals surface area contributed by atoms with Crippen molar-refractivity contribution in [2.24, 2.45) is 0 Å². The Bertz CT molecular complexity index is 309. The summed E-state index contributed by atoms with van der Waals surface area (Å²) in [5, 5.41) is 8.69. The van der Waals surface area contributed by atoms with Crippen molar-refractivity contribution in [3.63, 3.8) is 0 Å². The number of anilines is 1. The molecule has 0 heterocycles. The number of rotatable bonds is 2. The van der Waals surface area contributed by atoms with Gasteiger partial charge in [0.05, 0.1) is 7.11 Å². The van der Waals surface area contributed by atoms with Gasteiger partial charge in [0, 0.05) is 5.69 Å². The number of aromatic carboxylic acids is 1. The van der Waals surface area contributed by atoms with Crippen LogP contribution in [0, 0.1) is 0 Å². The van der Waals surface area contributed by atoms with Gasteiger partial charge in [-0.3, -0.25) is 0 Å². The Kier molecular flexibility index (Phi) is 2.19. The lowest BCUT2D eigenvalue weighted by molar-refractivity contribution is 0.0693. The highest BCUT2D eigenvalue weighted by Crippen LogP contribution is 2.20. The van der Waals surface area contributed by atoms with Crippen LogP contribution in [0.1, 0.15) is 10.4 Å². The van der Waals surface area contributed by atoms with Crippen LogP contribution < -0.4 is 10.5 Å². The van der Waals surface area contributed by atoms with Crippen LogP contribution >= 0.6 is 0 Å². The summed E-state index contributed by atoms with van der Waals surface area (Å²) in [4.78, 5) is 10.6. The first-order valence-electron chi connectivity index (χ1n) is 3.32. The van der Waals surface area contributed by atoms with Gasteiger partial charge >= 0.3 is 5.97 Å². The first-order valence-corrected chi connectivity index (χ1v) is 3.32. The predicted molar refractivity (Wildman–Crippen MR) is 44.4 cm³/mol. The number of nitrogen functional groups attached to an aromatic ring is 1. The Hall–Kier alpha value is -1.71. The molecule has 4 nitrogen and oxygen atoms in total. The number of benzene rings is 1. The van der Waals surface area contributed by atoms with Crippen molar-refractivity contribution in [2.75, 3.05) is 12.8 Å². The van der Waals surface area contributed by atoms with Gasteiger partial charge in [-0.1, -0.05) is 0 Å². The van der Waals surface area contributed by atoms with E-state index in [0.717, 1.165) is 0 Å². The second-order valence-corrected chi connectivity index (χ2v) is 2.26. The van der Waals surface area contributed by atoms with Crippen LogP contribution in [-0.4, -0.2) is 18.2 Å². The van der Waals surface area contributed by atoms with Crippen LogP contribution in [0.2, 0.25) is 0 Å². The van der Waals surface area contributed by atoms with Crippen LogP contribution in [0.4, 0.5) is 5.69 Å². The zero-order valence-corrected chi connectivity index (χ0v) is 6.57. The molecule has 0 aromatic heterocycles. The number of hydrogen-bond donors (Lipinski definition) is 2. The molecular formula is C8H9NO3. The highest BCUT2D eigenvalue weighted by molar-refractivity contribution is 5.92.